The third-order valence-corrected chi connectivity index (χ3v) is 4.35. The Hall–Kier alpha value is -3.68. The van der Waals surface area contributed by atoms with Crippen molar-refractivity contribution < 1.29 is 14.3 Å². The minimum atomic E-state index is -0.170. The van der Waals surface area contributed by atoms with Crippen LogP contribution in [-0.4, -0.2) is 53.6 Å². The molecule has 2 heterocycles. The quantitative estimate of drug-likeness (QED) is 0.629. The van der Waals surface area contributed by atoms with Crippen molar-refractivity contribution in [3.8, 4) is 11.5 Å². The fourth-order valence-corrected chi connectivity index (χ4v) is 2.72. The van der Waals surface area contributed by atoms with Gasteiger partial charge in [0.2, 0.25) is 5.95 Å². The van der Waals surface area contributed by atoms with Gasteiger partial charge in [-0.1, -0.05) is 0 Å². The van der Waals surface area contributed by atoms with Crippen LogP contribution in [0.4, 0.5) is 11.6 Å². The Bertz CT molecular complexity index is 966. The normalized spacial score (nSPS) is 10.3. The molecular formula is C21H23N5O3. The molecule has 3 aromatic rings. The summed E-state index contributed by atoms with van der Waals surface area (Å²) in [6.07, 6.45) is 5.79. The molecule has 8 nitrogen and oxygen atoms in total. The van der Waals surface area contributed by atoms with E-state index < -0.39 is 0 Å². The maximum Gasteiger partial charge on any atom is 0.272 e. The van der Waals surface area contributed by atoms with Crippen molar-refractivity contribution in [3.63, 3.8) is 0 Å². The molecule has 0 fully saturated rings. The van der Waals surface area contributed by atoms with Crippen LogP contribution in [-0.2, 0) is 6.42 Å². The number of hydrogen-bond donors (Lipinski definition) is 1. The molecule has 29 heavy (non-hydrogen) atoms. The van der Waals surface area contributed by atoms with Crippen molar-refractivity contribution in [1.82, 2.24) is 19.9 Å². The van der Waals surface area contributed by atoms with E-state index in [9.17, 15) is 4.79 Å². The van der Waals surface area contributed by atoms with E-state index in [0.717, 1.165) is 17.7 Å². The van der Waals surface area contributed by atoms with Crippen molar-refractivity contribution in [2.45, 2.75) is 6.42 Å². The SMILES string of the molecule is COc1ccc(Nc2nccc(C(=O)N(C)CCc3ccncc3)n2)cc1OC. The lowest BCUT2D eigenvalue weighted by atomic mass is 10.2. The number of anilines is 2. The molecular weight excluding hydrogens is 370 g/mol. The highest BCUT2D eigenvalue weighted by atomic mass is 16.5. The van der Waals surface area contributed by atoms with E-state index in [1.165, 1.54) is 0 Å². The Morgan fingerprint density at radius 3 is 2.52 bits per heavy atom. The Labute approximate surface area is 169 Å². The predicted octanol–water partition coefficient (Wildman–Crippen LogP) is 2.95. The number of aromatic nitrogens is 3. The molecule has 1 N–H and O–H groups in total. The molecule has 0 aliphatic carbocycles. The zero-order valence-electron chi connectivity index (χ0n) is 16.6. The Morgan fingerprint density at radius 1 is 1.03 bits per heavy atom. The van der Waals surface area contributed by atoms with Crippen LogP contribution >= 0.6 is 0 Å². The Kier molecular flexibility index (Phi) is 6.57. The molecule has 0 unspecified atom stereocenters. The third-order valence-electron chi connectivity index (χ3n) is 4.35. The molecule has 3 rings (SSSR count). The lowest BCUT2D eigenvalue weighted by Gasteiger charge is -2.17. The summed E-state index contributed by atoms with van der Waals surface area (Å²) in [5.41, 5.74) is 2.16. The second-order valence-electron chi connectivity index (χ2n) is 6.29. The van der Waals surface area contributed by atoms with Gasteiger partial charge in [-0.3, -0.25) is 9.78 Å². The lowest BCUT2D eigenvalue weighted by molar-refractivity contribution is 0.0791. The van der Waals surface area contributed by atoms with Gasteiger partial charge in [0, 0.05) is 43.9 Å². The van der Waals surface area contributed by atoms with Crippen LogP contribution in [0.2, 0.25) is 0 Å². The first-order valence-electron chi connectivity index (χ1n) is 9.07. The van der Waals surface area contributed by atoms with Gasteiger partial charge in [-0.25, -0.2) is 9.97 Å². The first-order chi connectivity index (χ1) is 14.1. The number of hydrogen-bond acceptors (Lipinski definition) is 7. The number of rotatable bonds is 8. The number of nitrogens with one attached hydrogen (secondary N) is 1. The van der Waals surface area contributed by atoms with Crippen LogP contribution in [0.5, 0.6) is 11.5 Å². The van der Waals surface area contributed by atoms with E-state index in [2.05, 4.69) is 20.3 Å². The smallest absolute Gasteiger partial charge is 0.272 e. The van der Waals surface area contributed by atoms with Gasteiger partial charge in [-0.15, -0.1) is 0 Å². The largest absolute Gasteiger partial charge is 0.493 e. The molecule has 0 aliphatic rings. The molecule has 1 amide bonds. The highest BCUT2D eigenvalue weighted by Gasteiger charge is 2.14. The van der Waals surface area contributed by atoms with Crippen LogP contribution in [0.1, 0.15) is 16.1 Å². The zero-order valence-corrected chi connectivity index (χ0v) is 16.6. The molecule has 0 bridgehead atoms. The van der Waals surface area contributed by atoms with Crippen molar-refractivity contribution in [1.29, 1.82) is 0 Å². The van der Waals surface area contributed by atoms with Gasteiger partial charge in [0.25, 0.3) is 5.91 Å². The maximum absolute atomic E-state index is 12.7. The predicted molar refractivity (Wildman–Crippen MR) is 110 cm³/mol. The molecule has 2 aromatic heterocycles. The average Bonchev–Trinajstić information content (AvgIpc) is 2.77. The average molecular weight is 393 g/mol. The second-order valence-corrected chi connectivity index (χ2v) is 6.29. The highest BCUT2D eigenvalue weighted by molar-refractivity contribution is 5.92. The first-order valence-corrected chi connectivity index (χ1v) is 9.07. The van der Waals surface area contributed by atoms with Gasteiger partial charge in [-0.05, 0) is 42.3 Å². The van der Waals surface area contributed by atoms with Crippen LogP contribution in [0.25, 0.3) is 0 Å². The molecule has 8 heteroatoms. The van der Waals surface area contributed by atoms with Crippen LogP contribution in [0.3, 0.4) is 0 Å². The number of likely N-dealkylation sites (N-methyl/N-ethyl adjacent to an activating group) is 1. The van der Waals surface area contributed by atoms with E-state index in [0.29, 0.717) is 29.7 Å². The van der Waals surface area contributed by atoms with Crippen molar-refractivity contribution in [2.24, 2.45) is 0 Å². The van der Waals surface area contributed by atoms with Gasteiger partial charge in [-0.2, -0.15) is 0 Å². The van der Waals surface area contributed by atoms with Gasteiger partial charge in [0.15, 0.2) is 11.5 Å². The molecule has 1 aromatic carbocycles. The second kappa shape index (κ2) is 9.50. The number of pyridine rings is 1. The van der Waals surface area contributed by atoms with Crippen molar-refractivity contribution >= 4 is 17.5 Å². The molecule has 150 valence electrons. The molecule has 0 radical (unpaired) electrons. The van der Waals surface area contributed by atoms with Crippen LogP contribution in [0, 0.1) is 0 Å². The minimum Gasteiger partial charge on any atom is -0.493 e. The van der Waals surface area contributed by atoms with Gasteiger partial charge in [0.1, 0.15) is 5.69 Å². The summed E-state index contributed by atoms with van der Waals surface area (Å²) in [7, 11) is 4.90. The number of carbonyl (C=O) groups is 1. The topological polar surface area (TPSA) is 89.5 Å². The van der Waals surface area contributed by atoms with Gasteiger partial charge >= 0.3 is 0 Å². The van der Waals surface area contributed by atoms with Gasteiger partial charge in [0.05, 0.1) is 14.2 Å². The number of amides is 1. The third kappa shape index (κ3) is 5.19. The zero-order chi connectivity index (χ0) is 20.6. The summed E-state index contributed by atoms with van der Waals surface area (Å²) in [5, 5.41) is 3.09. The van der Waals surface area contributed by atoms with E-state index in [1.807, 2.05) is 18.2 Å². The summed E-state index contributed by atoms with van der Waals surface area (Å²) in [6.45, 7) is 0.575. The number of ether oxygens (including phenoxy) is 2. The van der Waals surface area contributed by atoms with Crippen molar-refractivity contribution in [3.05, 3.63) is 66.2 Å². The van der Waals surface area contributed by atoms with E-state index in [-0.39, 0.29) is 5.91 Å². The molecule has 0 aliphatic heterocycles. The summed E-state index contributed by atoms with van der Waals surface area (Å²) in [6, 6.07) is 10.9. The number of benzene rings is 1. The monoisotopic (exact) mass is 393 g/mol. The highest BCUT2D eigenvalue weighted by Crippen LogP contribution is 2.30. The van der Waals surface area contributed by atoms with Gasteiger partial charge < -0.3 is 19.7 Å². The summed E-state index contributed by atoms with van der Waals surface area (Å²) in [4.78, 5) is 26.9. The summed E-state index contributed by atoms with van der Waals surface area (Å²) < 4.78 is 10.5. The summed E-state index contributed by atoms with van der Waals surface area (Å²) >= 11 is 0. The summed E-state index contributed by atoms with van der Waals surface area (Å²) in [5.74, 6) is 1.36. The minimum absolute atomic E-state index is 0.170. The fourth-order valence-electron chi connectivity index (χ4n) is 2.72. The Balaban J connectivity index is 1.67. The molecule has 0 spiro atoms. The Morgan fingerprint density at radius 2 is 1.79 bits per heavy atom. The first kappa shape index (κ1) is 20.1. The molecule has 0 saturated heterocycles. The molecule has 0 saturated carbocycles. The standard InChI is InChI=1S/C21H23N5O3/c1-26(13-9-15-6-10-22-11-7-15)20(27)17-8-12-23-21(25-17)24-16-4-5-18(28-2)19(14-16)29-3/h4-8,10-12,14H,9,13H2,1-3H3,(H,23,24,25). The lowest BCUT2D eigenvalue weighted by Crippen LogP contribution is -2.29. The van der Waals surface area contributed by atoms with Crippen LogP contribution < -0.4 is 14.8 Å². The van der Waals surface area contributed by atoms with E-state index in [4.69, 9.17) is 9.47 Å². The van der Waals surface area contributed by atoms with Crippen LogP contribution in [0.15, 0.2) is 55.0 Å². The van der Waals surface area contributed by atoms with Crippen molar-refractivity contribution in [2.75, 3.05) is 33.1 Å². The van der Waals surface area contributed by atoms with E-state index >= 15 is 0 Å². The fraction of sp³-hybridized carbons (Fsp3) is 0.238. The van der Waals surface area contributed by atoms with E-state index in [1.54, 1.807) is 63.0 Å². The molecule has 0 atom stereocenters. The maximum atomic E-state index is 12.7. The number of nitrogens with zero attached hydrogens (tertiary/aromatic N) is 4. The number of methoxy groups -OCH3 is 2. The number of carbonyl (C=O) groups excluding carboxylic acids is 1.